The summed E-state index contributed by atoms with van der Waals surface area (Å²) in [6, 6.07) is 5.63. The van der Waals surface area contributed by atoms with Crippen LogP contribution >= 0.6 is 15.9 Å². The Kier molecular flexibility index (Phi) is 4.50. The number of carbonyl (C=O) groups is 1. The van der Waals surface area contributed by atoms with Gasteiger partial charge in [-0.1, -0.05) is 42.1 Å². The molecule has 1 saturated carbocycles. The van der Waals surface area contributed by atoms with Crippen molar-refractivity contribution in [2.24, 2.45) is 5.41 Å². The highest BCUT2D eigenvalue weighted by atomic mass is 79.9. The van der Waals surface area contributed by atoms with Crippen LogP contribution in [-0.4, -0.2) is 13.0 Å². The van der Waals surface area contributed by atoms with Crippen LogP contribution in [0.5, 0.6) is 5.75 Å². The van der Waals surface area contributed by atoms with Crippen LogP contribution in [0.2, 0.25) is 0 Å². The topological polar surface area (TPSA) is 38.3 Å². The van der Waals surface area contributed by atoms with Gasteiger partial charge in [0, 0.05) is 9.89 Å². The molecular formula is C15H20BrNO2. The Morgan fingerprint density at radius 1 is 1.32 bits per heavy atom. The maximum Gasteiger partial charge on any atom is 0.230 e. The molecule has 0 aliphatic heterocycles. The van der Waals surface area contributed by atoms with Gasteiger partial charge in [0.15, 0.2) is 0 Å². The minimum atomic E-state index is -0.244. The molecule has 1 aromatic rings. The zero-order valence-corrected chi connectivity index (χ0v) is 13.0. The first-order valence-electron chi connectivity index (χ1n) is 6.70. The van der Waals surface area contributed by atoms with Crippen molar-refractivity contribution in [1.82, 2.24) is 0 Å². The molecule has 0 heterocycles. The highest BCUT2D eigenvalue weighted by molar-refractivity contribution is 9.10. The van der Waals surface area contributed by atoms with Gasteiger partial charge < -0.3 is 10.1 Å². The minimum Gasteiger partial charge on any atom is -0.495 e. The lowest BCUT2D eigenvalue weighted by Gasteiger charge is -2.32. The van der Waals surface area contributed by atoms with Crippen LogP contribution in [0.25, 0.3) is 0 Å². The molecule has 19 heavy (non-hydrogen) atoms. The second kappa shape index (κ2) is 5.95. The average Bonchev–Trinajstić information content (AvgIpc) is 2.40. The molecular weight excluding hydrogens is 306 g/mol. The highest BCUT2D eigenvalue weighted by Crippen LogP contribution is 2.38. The van der Waals surface area contributed by atoms with Crippen molar-refractivity contribution in [3.8, 4) is 5.75 Å². The van der Waals surface area contributed by atoms with Crippen LogP contribution in [0.3, 0.4) is 0 Å². The van der Waals surface area contributed by atoms with Gasteiger partial charge in [0.05, 0.1) is 12.8 Å². The maximum atomic E-state index is 12.5. The first-order valence-corrected chi connectivity index (χ1v) is 7.49. The molecule has 0 spiro atoms. The Bertz CT molecular complexity index is 467. The van der Waals surface area contributed by atoms with Gasteiger partial charge in [0.2, 0.25) is 5.91 Å². The lowest BCUT2D eigenvalue weighted by atomic mass is 9.75. The largest absolute Gasteiger partial charge is 0.495 e. The number of methoxy groups -OCH3 is 1. The Morgan fingerprint density at radius 2 is 2.00 bits per heavy atom. The number of rotatable bonds is 3. The Labute approximate surface area is 122 Å². The molecule has 1 aliphatic carbocycles. The van der Waals surface area contributed by atoms with E-state index in [2.05, 4.69) is 28.2 Å². The Morgan fingerprint density at radius 3 is 2.63 bits per heavy atom. The van der Waals surface area contributed by atoms with E-state index in [0.29, 0.717) is 5.75 Å². The Hall–Kier alpha value is -1.03. The SMILES string of the molecule is COc1ccc(Br)cc1NC(=O)C1(C)CCCCC1. The van der Waals surface area contributed by atoms with Crippen LogP contribution in [0, 0.1) is 5.41 Å². The van der Waals surface area contributed by atoms with Crippen molar-refractivity contribution in [2.75, 3.05) is 12.4 Å². The molecule has 0 aromatic heterocycles. The lowest BCUT2D eigenvalue weighted by molar-refractivity contribution is -0.126. The normalized spacial score (nSPS) is 17.8. The highest BCUT2D eigenvalue weighted by Gasteiger charge is 2.34. The predicted octanol–water partition coefficient (Wildman–Crippen LogP) is 4.37. The van der Waals surface area contributed by atoms with Crippen molar-refractivity contribution in [1.29, 1.82) is 0 Å². The number of carbonyl (C=O) groups excluding carboxylic acids is 1. The van der Waals surface area contributed by atoms with E-state index in [4.69, 9.17) is 4.74 Å². The summed E-state index contributed by atoms with van der Waals surface area (Å²) in [5.74, 6) is 0.791. The predicted molar refractivity (Wildman–Crippen MR) is 80.5 cm³/mol. The van der Waals surface area contributed by atoms with E-state index in [1.807, 2.05) is 18.2 Å². The molecule has 0 radical (unpaired) electrons. The van der Waals surface area contributed by atoms with Gasteiger partial charge in [-0.25, -0.2) is 0 Å². The molecule has 1 amide bonds. The molecule has 1 aliphatic rings. The van der Waals surface area contributed by atoms with E-state index in [1.165, 1.54) is 6.42 Å². The van der Waals surface area contributed by atoms with E-state index in [-0.39, 0.29) is 11.3 Å². The van der Waals surface area contributed by atoms with E-state index >= 15 is 0 Å². The molecule has 0 unspecified atom stereocenters. The molecule has 1 fully saturated rings. The number of hydrogen-bond acceptors (Lipinski definition) is 2. The van der Waals surface area contributed by atoms with Crippen LogP contribution in [0.15, 0.2) is 22.7 Å². The second-order valence-electron chi connectivity index (χ2n) is 5.42. The van der Waals surface area contributed by atoms with Crippen molar-refractivity contribution in [3.63, 3.8) is 0 Å². The summed E-state index contributed by atoms with van der Waals surface area (Å²) < 4.78 is 6.21. The van der Waals surface area contributed by atoms with E-state index in [0.717, 1.165) is 35.8 Å². The molecule has 4 heteroatoms. The van der Waals surface area contributed by atoms with Gasteiger partial charge in [-0.3, -0.25) is 4.79 Å². The molecule has 0 bridgehead atoms. The summed E-state index contributed by atoms with van der Waals surface area (Å²) in [4.78, 5) is 12.5. The molecule has 2 rings (SSSR count). The van der Waals surface area contributed by atoms with Gasteiger partial charge in [0.1, 0.15) is 5.75 Å². The van der Waals surface area contributed by atoms with Gasteiger partial charge in [-0.15, -0.1) is 0 Å². The monoisotopic (exact) mass is 325 g/mol. The number of benzene rings is 1. The number of amides is 1. The number of halogens is 1. The number of nitrogens with one attached hydrogen (secondary N) is 1. The van der Waals surface area contributed by atoms with E-state index in [1.54, 1.807) is 7.11 Å². The Balaban J connectivity index is 2.16. The maximum absolute atomic E-state index is 12.5. The third-order valence-corrected chi connectivity index (χ3v) is 4.41. The second-order valence-corrected chi connectivity index (χ2v) is 6.34. The van der Waals surface area contributed by atoms with Crippen LogP contribution in [-0.2, 0) is 4.79 Å². The van der Waals surface area contributed by atoms with Gasteiger partial charge in [0.25, 0.3) is 0 Å². The van der Waals surface area contributed by atoms with Crippen molar-refractivity contribution in [3.05, 3.63) is 22.7 Å². The fraction of sp³-hybridized carbons (Fsp3) is 0.533. The zero-order chi connectivity index (χ0) is 13.9. The first kappa shape index (κ1) is 14.4. The third-order valence-electron chi connectivity index (χ3n) is 3.92. The fourth-order valence-electron chi connectivity index (χ4n) is 2.61. The van der Waals surface area contributed by atoms with Crippen LogP contribution in [0.4, 0.5) is 5.69 Å². The summed E-state index contributed by atoms with van der Waals surface area (Å²) in [5.41, 5.74) is 0.486. The first-order chi connectivity index (χ1) is 9.05. The lowest BCUT2D eigenvalue weighted by Crippen LogP contribution is -2.35. The molecule has 1 N–H and O–H groups in total. The zero-order valence-electron chi connectivity index (χ0n) is 11.5. The summed E-state index contributed by atoms with van der Waals surface area (Å²) in [5, 5.41) is 3.02. The summed E-state index contributed by atoms with van der Waals surface area (Å²) in [6.45, 7) is 2.06. The summed E-state index contributed by atoms with van der Waals surface area (Å²) in [6.07, 6.45) is 5.45. The van der Waals surface area contributed by atoms with E-state index < -0.39 is 0 Å². The van der Waals surface area contributed by atoms with E-state index in [9.17, 15) is 4.79 Å². The van der Waals surface area contributed by atoms with Crippen LogP contribution < -0.4 is 10.1 Å². The van der Waals surface area contributed by atoms with Crippen molar-refractivity contribution >= 4 is 27.5 Å². The number of hydrogen-bond donors (Lipinski definition) is 1. The molecule has 0 saturated heterocycles. The number of ether oxygens (including phenoxy) is 1. The third kappa shape index (κ3) is 3.30. The molecule has 104 valence electrons. The standard InChI is InChI=1S/C15H20BrNO2/c1-15(8-4-3-5-9-15)14(18)17-12-10-11(16)6-7-13(12)19-2/h6-7,10H,3-5,8-9H2,1-2H3,(H,17,18). The average molecular weight is 326 g/mol. The van der Waals surface area contributed by atoms with Gasteiger partial charge in [-0.2, -0.15) is 0 Å². The smallest absolute Gasteiger partial charge is 0.230 e. The summed E-state index contributed by atoms with van der Waals surface area (Å²) >= 11 is 3.42. The van der Waals surface area contributed by atoms with Gasteiger partial charge in [-0.05, 0) is 31.0 Å². The molecule has 1 aromatic carbocycles. The quantitative estimate of drug-likeness (QED) is 0.896. The minimum absolute atomic E-state index is 0.101. The molecule has 0 atom stereocenters. The molecule has 3 nitrogen and oxygen atoms in total. The van der Waals surface area contributed by atoms with Gasteiger partial charge >= 0.3 is 0 Å². The number of anilines is 1. The van der Waals surface area contributed by atoms with Crippen molar-refractivity contribution < 1.29 is 9.53 Å². The fourth-order valence-corrected chi connectivity index (χ4v) is 2.97. The summed E-state index contributed by atoms with van der Waals surface area (Å²) in [7, 11) is 1.61. The van der Waals surface area contributed by atoms with Crippen molar-refractivity contribution in [2.45, 2.75) is 39.0 Å². The van der Waals surface area contributed by atoms with Crippen LogP contribution in [0.1, 0.15) is 39.0 Å².